The van der Waals surface area contributed by atoms with Crippen molar-refractivity contribution in [3.8, 4) is 0 Å². The van der Waals surface area contributed by atoms with Crippen LogP contribution in [0.15, 0.2) is 24.3 Å². The third-order valence-electron chi connectivity index (χ3n) is 3.05. The van der Waals surface area contributed by atoms with Gasteiger partial charge in [0.1, 0.15) is 0 Å². The van der Waals surface area contributed by atoms with E-state index in [2.05, 4.69) is 38.2 Å². The van der Waals surface area contributed by atoms with Gasteiger partial charge in [-0.25, -0.2) is 0 Å². The molecule has 0 aromatic rings. The van der Waals surface area contributed by atoms with Crippen LogP contribution >= 0.6 is 0 Å². The molecule has 0 rings (SSSR count). The maximum Gasteiger partial charge on any atom is -0.0351 e. The lowest BCUT2D eigenvalue weighted by Crippen LogP contribution is -1.80. The Morgan fingerprint density at radius 1 is 0.471 bits per heavy atom. The lowest BCUT2D eigenvalue weighted by Gasteiger charge is -2.00. The van der Waals surface area contributed by atoms with Crippen molar-refractivity contribution in [2.75, 3.05) is 0 Å². The second-order valence-corrected chi connectivity index (χ2v) is 4.81. The van der Waals surface area contributed by atoms with Gasteiger partial charge in [0.25, 0.3) is 0 Å². The number of hydrogen-bond acceptors (Lipinski definition) is 0. The maximum atomic E-state index is 2.33. The Balaban J connectivity index is 2.98. The normalized spacial score (nSPS) is 11.9. The first-order valence-electron chi connectivity index (χ1n) is 7.71. The molecule has 0 nitrogen and oxygen atoms in total. The van der Waals surface area contributed by atoms with E-state index in [1.165, 1.54) is 70.6 Å². The van der Waals surface area contributed by atoms with Crippen molar-refractivity contribution in [2.24, 2.45) is 0 Å². The molecule has 0 aliphatic rings. The minimum Gasteiger partial charge on any atom is -0.0888 e. The van der Waals surface area contributed by atoms with Crippen LogP contribution in [0.5, 0.6) is 0 Å². The standard InChI is InChI=1S/C17H32/c1-3-5-7-9-11-13-15-17-16-14-12-10-8-6-4-2/h5-8H,3-4,9-17H2,1-2H3. The summed E-state index contributed by atoms with van der Waals surface area (Å²) >= 11 is 0. The summed E-state index contributed by atoms with van der Waals surface area (Å²) in [6, 6.07) is 0. The highest BCUT2D eigenvalue weighted by molar-refractivity contribution is 4.80. The SMILES string of the molecule is CCC=CCCCCCCCCCC=CCC. The van der Waals surface area contributed by atoms with Gasteiger partial charge in [-0.2, -0.15) is 0 Å². The third kappa shape index (κ3) is 15.5. The minimum atomic E-state index is 1.19. The molecular weight excluding hydrogens is 204 g/mol. The summed E-state index contributed by atoms with van der Waals surface area (Å²) in [7, 11) is 0. The highest BCUT2D eigenvalue weighted by atomic mass is 14.0. The van der Waals surface area contributed by atoms with Gasteiger partial charge >= 0.3 is 0 Å². The fourth-order valence-electron chi connectivity index (χ4n) is 1.98. The summed E-state index contributed by atoms with van der Waals surface area (Å²) in [6.45, 7) is 4.40. The molecule has 0 saturated heterocycles. The molecule has 0 bridgehead atoms. The van der Waals surface area contributed by atoms with Gasteiger partial charge in [-0.3, -0.25) is 0 Å². The Kier molecular flexibility index (Phi) is 15.0. The first kappa shape index (κ1) is 16.5. The molecule has 100 valence electrons. The average molecular weight is 236 g/mol. The maximum absolute atomic E-state index is 2.33. The monoisotopic (exact) mass is 236 g/mol. The molecular formula is C17H32. The zero-order valence-electron chi connectivity index (χ0n) is 12.1. The van der Waals surface area contributed by atoms with Gasteiger partial charge in [0, 0.05) is 0 Å². The second kappa shape index (κ2) is 15.5. The lowest BCUT2D eigenvalue weighted by atomic mass is 10.1. The van der Waals surface area contributed by atoms with Crippen molar-refractivity contribution in [3.63, 3.8) is 0 Å². The summed E-state index contributed by atoms with van der Waals surface area (Å²) in [5, 5.41) is 0. The predicted octanol–water partition coefficient (Wildman–Crippen LogP) is 6.43. The van der Waals surface area contributed by atoms with Crippen molar-refractivity contribution in [2.45, 2.75) is 84.5 Å². The van der Waals surface area contributed by atoms with E-state index in [9.17, 15) is 0 Å². The van der Waals surface area contributed by atoms with Crippen molar-refractivity contribution < 1.29 is 0 Å². The third-order valence-corrected chi connectivity index (χ3v) is 3.05. The molecule has 0 unspecified atom stereocenters. The molecule has 0 aromatic heterocycles. The van der Waals surface area contributed by atoms with E-state index in [1.807, 2.05) is 0 Å². The van der Waals surface area contributed by atoms with Crippen LogP contribution < -0.4 is 0 Å². The van der Waals surface area contributed by atoms with E-state index in [0.717, 1.165) is 0 Å². The summed E-state index contributed by atoms with van der Waals surface area (Å²) in [5.74, 6) is 0. The molecule has 0 heterocycles. The Bertz CT molecular complexity index is 156. The van der Waals surface area contributed by atoms with Gasteiger partial charge in [0.2, 0.25) is 0 Å². The van der Waals surface area contributed by atoms with Crippen LogP contribution in [-0.2, 0) is 0 Å². The smallest absolute Gasteiger partial charge is 0.0351 e. The summed E-state index contributed by atoms with van der Waals surface area (Å²) in [4.78, 5) is 0. The molecule has 0 aliphatic carbocycles. The Hall–Kier alpha value is -0.520. The van der Waals surface area contributed by atoms with E-state index < -0.39 is 0 Å². The molecule has 0 amide bonds. The van der Waals surface area contributed by atoms with Crippen molar-refractivity contribution >= 4 is 0 Å². The zero-order chi connectivity index (χ0) is 12.6. The number of rotatable bonds is 12. The van der Waals surface area contributed by atoms with Gasteiger partial charge in [0.15, 0.2) is 0 Å². The van der Waals surface area contributed by atoms with Crippen molar-refractivity contribution in [1.82, 2.24) is 0 Å². The molecule has 0 radical (unpaired) electrons. The van der Waals surface area contributed by atoms with Crippen LogP contribution in [0.4, 0.5) is 0 Å². The van der Waals surface area contributed by atoms with Crippen molar-refractivity contribution in [1.29, 1.82) is 0 Å². The Morgan fingerprint density at radius 3 is 1.18 bits per heavy atom. The average Bonchev–Trinajstić information content (AvgIpc) is 2.35. The van der Waals surface area contributed by atoms with E-state index in [0.29, 0.717) is 0 Å². The topological polar surface area (TPSA) is 0 Å². The predicted molar refractivity (Wildman–Crippen MR) is 80.4 cm³/mol. The second-order valence-electron chi connectivity index (χ2n) is 4.81. The summed E-state index contributed by atoms with van der Waals surface area (Å²) in [5.41, 5.74) is 0. The highest BCUT2D eigenvalue weighted by Crippen LogP contribution is 2.10. The summed E-state index contributed by atoms with van der Waals surface area (Å²) in [6.07, 6.45) is 24.1. The van der Waals surface area contributed by atoms with E-state index in [4.69, 9.17) is 0 Å². The van der Waals surface area contributed by atoms with E-state index >= 15 is 0 Å². The molecule has 0 aromatic carbocycles. The first-order chi connectivity index (χ1) is 8.41. The number of allylic oxidation sites excluding steroid dienone is 4. The molecule has 0 atom stereocenters. The molecule has 0 saturated carbocycles. The molecule has 0 spiro atoms. The van der Waals surface area contributed by atoms with Crippen LogP contribution in [0.3, 0.4) is 0 Å². The summed E-state index contributed by atoms with van der Waals surface area (Å²) < 4.78 is 0. The van der Waals surface area contributed by atoms with E-state index in [1.54, 1.807) is 0 Å². The number of hydrogen-bond donors (Lipinski definition) is 0. The Labute approximate surface area is 109 Å². The van der Waals surface area contributed by atoms with Crippen LogP contribution in [0.25, 0.3) is 0 Å². The van der Waals surface area contributed by atoms with Crippen LogP contribution in [-0.4, -0.2) is 0 Å². The number of unbranched alkanes of at least 4 members (excludes halogenated alkanes) is 8. The van der Waals surface area contributed by atoms with Crippen LogP contribution in [0, 0.1) is 0 Å². The lowest BCUT2D eigenvalue weighted by molar-refractivity contribution is 0.583. The van der Waals surface area contributed by atoms with Gasteiger partial charge in [-0.1, -0.05) is 70.3 Å². The van der Waals surface area contributed by atoms with Crippen LogP contribution in [0.1, 0.15) is 84.5 Å². The fourth-order valence-corrected chi connectivity index (χ4v) is 1.98. The quantitative estimate of drug-likeness (QED) is 0.270. The first-order valence-corrected chi connectivity index (χ1v) is 7.71. The molecule has 0 heteroatoms. The van der Waals surface area contributed by atoms with Gasteiger partial charge in [-0.05, 0) is 38.5 Å². The largest absolute Gasteiger partial charge is 0.0888 e. The van der Waals surface area contributed by atoms with Gasteiger partial charge in [0.05, 0.1) is 0 Å². The molecule has 0 aliphatic heterocycles. The van der Waals surface area contributed by atoms with Gasteiger partial charge in [-0.15, -0.1) is 0 Å². The Morgan fingerprint density at radius 2 is 0.824 bits per heavy atom. The molecule has 0 N–H and O–H groups in total. The zero-order valence-corrected chi connectivity index (χ0v) is 12.1. The van der Waals surface area contributed by atoms with Crippen molar-refractivity contribution in [3.05, 3.63) is 24.3 Å². The highest BCUT2D eigenvalue weighted by Gasteiger charge is 1.90. The van der Waals surface area contributed by atoms with Gasteiger partial charge < -0.3 is 0 Å². The molecule has 0 fully saturated rings. The molecule has 17 heavy (non-hydrogen) atoms. The fraction of sp³-hybridized carbons (Fsp3) is 0.765. The van der Waals surface area contributed by atoms with E-state index in [-0.39, 0.29) is 0 Å². The van der Waals surface area contributed by atoms with Crippen LogP contribution in [0.2, 0.25) is 0 Å². The minimum absolute atomic E-state index is 1.19.